The summed E-state index contributed by atoms with van der Waals surface area (Å²) in [6, 6.07) is 0. The quantitative estimate of drug-likeness (QED) is 0.537. The molecule has 0 aromatic carbocycles. The van der Waals surface area contributed by atoms with Gasteiger partial charge in [-0.2, -0.15) is 0 Å². The van der Waals surface area contributed by atoms with Crippen LogP contribution in [0.25, 0.3) is 0 Å². The molecule has 0 aromatic rings. The zero-order valence-corrected chi connectivity index (χ0v) is 8.75. The van der Waals surface area contributed by atoms with Gasteiger partial charge in [0, 0.05) is 5.70 Å². The first kappa shape index (κ1) is 11.0. The Labute approximate surface area is 85.4 Å². The van der Waals surface area contributed by atoms with Crippen LogP contribution in [0, 0.1) is 0 Å². The van der Waals surface area contributed by atoms with Crippen molar-refractivity contribution < 1.29 is 4.74 Å². The van der Waals surface area contributed by atoms with Crippen LogP contribution in [0.15, 0.2) is 29.6 Å². The van der Waals surface area contributed by atoms with Crippen molar-refractivity contribution in [2.75, 3.05) is 6.61 Å². The van der Waals surface area contributed by atoms with Crippen LogP contribution in [0.4, 0.5) is 0 Å². The predicted molar refractivity (Wildman–Crippen MR) is 59.2 cm³/mol. The first-order valence-corrected chi connectivity index (χ1v) is 4.82. The van der Waals surface area contributed by atoms with Crippen LogP contribution in [-0.4, -0.2) is 18.4 Å². The minimum atomic E-state index is -0.125. The third kappa shape index (κ3) is 3.34. The van der Waals surface area contributed by atoms with Gasteiger partial charge in [0.25, 0.3) is 0 Å². The molecule has 0 bridgehead atoms. The SMILES string of the molecule is C=C(C)N=CC(=C)OCC1(N)CCC1. The normalized spacial score (nSPS) is 19.0. The lowest BCUT2D eigenvalue weighted by atomic mass is 9.78. The molecule has 1 aliphatic carbocycles. The lowest BCUT2D eigenvalue weighted by molar-refractivity contribution is 0.103. The summed E-state index contributed by atoms with van der Waals surface area (Å²) < 4.78 is 5.39. The monoisotopic (exact) mass is 194 g/mol. The number of hydrogen-bond acceptors (Lipinski definition) is 3. The highest BCUT2D eigenvalue weighted by Crippen LogP contribution is 2.29. The molecule has 0 aromatic heterocycles. The summed E-state index contributed by atoms with van der Waals surface area (Å²) in [5, 5.41) is 0. The highest BCUT2D eigenvalue weighted by Gasteiger charge is 2.33. The molecule has 1 saturated carbocycles. The Balaban J connectivity index is 2.24. The topological polar surface area (TPSA) is 47.6 Å². The average molecular weight is 194 g/mol. The number of ether oxygens (including phenoxy) is 1. The van der Waals surface area contributed by atoms with Gasteiger partial charge >= 0.3 is 0 Å². The van der Waals surface area contributed by atoms with Gasteiger partial charge in [-0.15, -0.1) is 0 Å². The standard InChI is InChI=1S/C11H18N2O/c1-9(2)13-7-10(3)14-8-11(12)5-4-6-11/h7H,1,3-6,8,12H2,2H3. The highest BCUT2D eigenvalue weighted by molar-refractivity contribution is 5.75. The molecule has 14 heavy (non-hydrogen) atoms. The van der Waals surface area contributed by atoms with E-state index < -0.39 is 0 Å². The Kier molecular flexibility index (Phi) is 3.47. The molecule has 0 unspecified atom stereocenters. The lowest BCUT2D eigenvalue weighted by Crippen LogP contribution is -2.50. The van der Waals surface area contributed by atoms with Crippen molar-refractivity contribution in [1.29, 1.82) is 0 Å². The van der Waals surface area contributed by atoms with E-state index >= 15 is 0 Å². The molecule has 0 atom stereocenters. The molecule has 1 fully saturated rings. The fraction of sp³-hybridized carbons (Fsp3) is 0.545. The van der Waals surface area contributed by atoms with Gasteiger partial charge < -0.3 is 10.5 Å². The third-order valence-corrected chi connectivity index (χ3v) is 2.32. The summed E-state index contributed by atoms with van der Waals surface area (Å²) >= 11 is 0. The molecule has 3 nitrogen and oxygen atoms in total. The molecule has 0 aliphatic heterocycles. The van der Waals surface area contributed by atoms with Gasteiger partial charge in [-0.05, 0) is 26.2 Å². The Morgan fingerprint density at radius 3 is 2.64 bits per heavy atom. The number of nitrogens with two attached hydrogens (primary N) is 1. The number of allylic oxidation sites excluding steroid dienone is 2. The number of rotatable bonds is 5. The average Bonchev–Trinajstić information content (AvgIpc) is 2.08. The van der Waals surface area contributed by atoms with Gasteiger partial charge in [0.2, 0.25) is 0 Å². The maximum absolute atomic E-state index is 5.98. The van der Waals surface area contributed by atoms with Crippen molar-refractivity contribution in [1.82, 2.24) is 0 Å². The van der Waals surface area contributed by atoms with Crippen molar-refractivity contribution in [2.45, 2.75) is 31.7 Å². The molecule has 3 heteroatoms. The van der Waals surface area contributed by atoms with Gasteiger partial charge in [0.1, 0.15) is 12.4 Å². The Hall–Kier alpha value is -1.09. The first-order valence-electron chi connectivity index (χ1n) is 4.82. The maximum atomic E-state index is 5.98. The summed E-state index contributed by atoms with van der Waals surface area (Å²) in [5.41, 5.74) is 6.59. The fourth-order valence-corrected chi connectivity index (χ4v) is 1.23. The number of aliphatic imine (C=N–C) groups is 1. The van der Waals surface area contributed by atoms with Crippen LogP contribution in [0.1, 0.15) is 26.2 Å². The molecule has 0 radical (unpaired) electrons. The van der Waals surface area contributed by atoms with Crippen LogP contribution in [0.2, 0.25) is 0 Å². The van der Waals surface area contributed by atoms with E-state index in [1.807, 2.05) is 6.92 Å². The Morgan fingerprint density at radius 2 is 2.21 bits per heavy atom. The van der Waals surface area contributed by atoms with Crippen molar-refractivity contribution in [3.63, 3.8) is 0 Å². The van der Waals surface area contributed by atoms with E-state index in [1.54, 1.807) is 6.21 Å². The summed E-state index contributed by atoms with van der Waals surface area (Å²) in [6.45, 7) is 9.72. The summed E-state index contributed by atoms with van der Waals surface area (Å²) in [4.78, 5) is 3.98. The molecule has 1 aliphatic rings. The highest BCUT2D eigenvalue weighted by atomic mass is 16.5. The maximum Gasteiger partial charge on any atom is 0.130 e. The first-order chi connectivity index (χ1) is 6.52. The molecule has 1 rings (SSSR count). The molecule has 0 heterocycles. The molecule has 2 N–H and O–H groups in total. The van der Waals surface area contributed by atoms with Crippen molar-refractivity contribution in [3.05, 3.63) is 24.6 Å². The van der Waals surface area contributed by atoms with E-state index in [9.17, 15) is 0 Å². The predicted octanol–water partition coefficient (Wildman–Crippen LogP) is 2.00. The smallest absolute Gasteiger partial charge is 0.130 e. The van der Waals surface area contributed by atoms with E-state index in [1.165, 1.54) is 6.42 Å². The summed E-state index contributed by atoms with van der Waals surface area (Å²) in [5.74, 6) is 0.546. The van der Waals surface area contributed by atoms with Gasteiger partial charge in [-0.3, -0.25) is 4.99 Å². The van der Waals surface area contributed by atoms with Crippen molar-refractivity contribution >= 4 is 6.21 Å². The fourth-order valence-electron chi connectivity index (χ4n) is 1.23. The van der Waals surface area contributed by atoms with Crippen LogP contribution in [-0.2, 0) is 4.74 Å². The second-order valence-electron chi connectivity index (χ2n) is 3.96. The molecule has 0 spiro atoms. The molecule has 0 saturated heterocycles. The second kappa shape index (κ2) is 4.42. The Bertz CT molecular complexity index is 264. The molecule has 0 amide bonds. The lowest BCUT2D eigenvalue weighted by Gasteiger charge is -2.37. The van der Waals surface area contributed by atoms with Gasteiger partial charge in [-0.25, -0.2) is 0 Å². The van der Waals surface area contributed by atoms with E-state index in [4.69, 9.17) is 10.5 Å². The van der Waals surface area contributed by atoms with Crippen LogP contribution < -0.4 is 5.73 Å². The van der Waals surface area contributed by atoms with Gasteiger partial charge in [-0.1, -0.05) is 13.2 Å². The molecular weight excluding hydrogens is 176 g/mol. The zero-order chi connectivity index (χ0) is 10.6. The van der Waals surface area contributed by atoms with Crippen molar-refractivity contribution in [3.8, 4) is 0 Å². The summed E-state index contributed by atoms with van der Waals surface area (Å²) in [6.07, 6.45) is 4.85. The number of hydrogen-bond donors (Lipinski definition) is 1. The summed E-state index contributed by atoms with van der Waals surface area (Å²) in [7, 11) is 0. The van der Waals surface area contributed by atoms with E-state index in [0.29, 0.717) is 12.4 Å². The van der Waals surface area contributed by atoms with Gasteiger partial charge in [0.15, 0.2) is 0 Å². The van der Waals surface area contributed by atoms with Crippen LogP contribution in [0.3, 0.4) is 0 Å². The zero-order valence-electron chi connectivity index (χ0n) is 8.75. The van der Waals surface area contributed by atoms with Crippen LogP contribution >= 0.6 is 0 Å². The van der Waals surface area contributed by atoms with E-state index in [0.717, 1.165) is 18.5 Å². The molecule has 78 valence electrons. The molecular formula is C11H18N2O. The number of nitrogens with zero attached hydrogens (tertiary/aromatic N) is 1. The van der Waals surface area contributed by atoms with Crippen molar-refractivity contribution in [2.24, 2.45) is 10.7 Å². The second-order valence-corrected chi connectivity index (χ2v) is 3.96. The van der Waals surface area contributed by atoms with E-state index in [-0.39, 0.29) is 5.54 Å². The largest absolute Gasteiger partial charge is 0.491 e. The van der Waals surface area contributed by atoms with Gasteiger partial charge in [0.05, 0.1) is 11.8 Å². The minimum absolute atomic E-state index is 0.125. The van der Waals surface area contributed by atoms with E-state index in [2.05, 4.69) is 18.2 Å². The van der Waals surface area contributed by atoms with Crippen LogP contribution in [0.5, 0.6) is 0 Å². The Morgan fingerprint density at radius 1 is 1.57 bits per heavy atom. The minimum Gasteiger partial charge on any atom is -0.491 e. The third-order valence-electron chi connectivity index (χ3n) is 2.32.